The maximum Gasteiger partial charge on any atom is 0.0947 e. The summed E-state index contributed by atoms with van der Waals surface area (Å²) in [5.74, 6) is 0.877. The van der Waals surface area contributed by atoms with Crippen LogP contribution in [0.1, 0.15) is 18.9 Å². The van der Waals surface area contributed by atoms with E-state index in [0.29, 0.717) is 0 Å². The zero-order valence-electron chi connectivity index (χ0n) is 6.71. The highest BCUT2D eigenvalue weighted by Gasteiger charge is 2.31. The van der Waals surface area contributed by atoms with Gasteiger partial charge in [0, 0.05) is 18.2 Å². The third-order valence-corrected chi connectivity index (χ3v) is 2.26. The van der Waals surface area contributed by atoms with E-state index >= 15 is 0 Å². The van der Waals surface area contributed by atoms with Gasteiger partial charge in [0.15, 0.2) is 0 Å². The smallest absolute Gasteiger partial charge is 0.0947 e. The minimum atomic E-state index is 0.755. The molecule has 1 aliphatic carbocycles. The molecule has 0 aromatic carbocycles. The number of hydrogen-bond acceptors (Lipinski definition) is 2. The van der Waals surface area contributed by atoms with Crippen LogP contribution in [0.25, 0.3) is 0 Å². The minimum absolute atomic E-state index is 0.755. The highest BCUT2D eigenvalue weighted by atomic mass is 16.3. The Balaban J connectivity index is 1.75. The van der Waals surface area contributed by atoms with Gasteiger partial charge < -0.3 is 9.73 Å². The predicted octanol–water partition coefficient (Wildman–Crippen LogP) is 1.78. The zero-order chi connectivity index (χ0) is 7.68. The van der Waals surface area contributed by atoms with Gasteiger partial charge in [-0.25, -0.2) is 0 Å². The van der Waals surface area contributed by atoms with E-state index in [1.165, 1.54) is 12.0 Å². The monoisotopic (exact) mass is 151 g/mol. The van der Waals surface area contributed by atoms with Crippen molar-refractivity contribution in [3.63, 3.8) is 0 Å². The molecule has 1 saturated carbocycles. The normalized spacial score (nSPS) is 28.8. The fraction of sp³-hybridized carbons (Fsp3) is 0.556. The maximum absolute atomic E-state index is 4.95. The minimum Gasteiger partial charge on any atom is -0.472 e. The molecule has 0 saturated heterocycles. The quantitative estimate of drug-likeness (QED) is 0.712. The van der Waals surface area contributed by atoms with Crippen LogP contribution in [0.4, 0.5) is 0 Å². The summed E-state index contributed by atoms with van der Waals surface area (Å²) in [7, 11) is 0. The molecule has 0 spiro atoms. The van der Waals surface area contributed by atoms with Crippen LogP contribution in [0.5, 0.6) is 0 Å². The summed E-state index contributed by atoms with van der Waals surface area (Å²) in [6.07, 6.45) is 4.84. The fourth-order valence-corrected chi connectivity index (χ4v) is 1.25. The lowest BCUT2D eigenvalue weighted by molar-refractivity contribution is 0.559. The van der Waals surface area contributed by atoms with Gasteiger partial charge in [-0.2, -0.15) is 0 Å². The van der Waals surface area contributed by atoms with Crippen LogP contribution >= 0.6 is 0 Å². The van der Waals surface area contributed by atoms with Crippen molar-refractivity contribution in [2.24, 2.45) is 5.92 Å². The molecule has 2 atom stereocenters. The Bertz CT molecular complexity index is 217. The van der Waals surface area contributed by atoms with E-state index in [1.54, 1.807) is 12.5 Å². The summed E-state index contributed by atoms with van der Waals surface area (Å²) in [6, 6.07) is 2.75. The van der Waals surface area contributed by atoms with E-state index in [-0.39, 0.29) is 0 Å². The van der Waals surface area contributed by atoms with Gasteiger partial charge in [-0.3, -0.25) is 0 Å². The second kappa shape index (κ2) is 2.70. The van der Waals surface area contributed by atoms with Gasteiger partial charge in [-0.15, -0.1) is 0 Å². The highest BCUT2D eigenvalue weighted by molar-refractivity contribution is 5.05. The van der Waals surface area contributed by atoms with Gasteiger partial charge in [0.2, 0.25) is 0 Å². The Morgan fingerprint density at radius 2 is 2.55 bits per heavy atom. The van der Waals surface area contributed by atoms with Crippen molar-refractivity contribution >= 4 is 0 Å². The topological polar surface area (TPSA) is 25.2 Å². The summed E-state index contributed by atoms with van der Waals surface area (Å²) < 4.78 is 4.95. The summed E-state index contributed by atoms with van der Waals surface area (Å²) in [4.78, 5) is 0. The molecule has 1 fully saturated rings. The van der Waals surface area contributed by atoms with Gasteiger partial charge in [0.05, 0.1) is 12.5 Å². The van der Waals surface area contributed by atoms with Crippen LogP contribution in [-0.2, 0) is 6.54 Å². The molecule has 2 unspecified atom stereocenters. The Kier molecular flexibility index (Phi) is 1.70. The fourth-order valence-electron chi connectivity index (χ4n) is 1.25. The Labute approximate surface area is 66.6 Å². The predicted molar refractivity (Wildman–Crippen MR) is 43.1 cm³/mol. The maximum atomic E-state index is 4.95. The highest BCUT2D eigenvalue weighted by Crippen LogP contribution is 2.29. The van der Waals surface area contributed by atoms with Crippen molar-refractivity contribution < 1.29 is 4.42 Å². The van der Waals surface area contributed by atoms with E-state index in [4.69, 9.17) is 4.42 Å². The third kappa shape index (κ3) is 1.63. The SMILES string of the molecule is CC1CC1NCc1ccoc1. The molecule has 0 amide bonds. The molecule has 1 aromatic heterocycles. The van der Waals surface area contributed by atoms with Crippen molar-refractivity contribution in [2.45, 2.75) is 25.9 Å². The van der Waals surface area contributed by atoms with Crippen LogP contribution in [0.2, 0.25) is 0 Å². The molecule has 0 bridgehead atoms. The molecule has 1 aliphatic rings. The van der Waals surface area contributed by atoms with Crippen molar-refractivity contribution in [2.75, 3.05) is 0 Å². The molecule has 1 aromatic rings. The van der Waals surface area contributed by atoms with Gasteiger partial charge in [-0.1, -0.05) is 6.92 Å². The molecule has 60 valence electrons. The summed E-state index contributed by atoms with van der Waals surface area (Å²) in [5.41, 5.74) is 1.24. The van der Waals surface area contributed by atoms with Gasteiger partial charge in [-0.05, 0) is 18.4 Å². The Hall–Kier alpha value is -0.760. The first-order valence-corrected chi connectivity index (χ1v) is 4.11. The summed E-state index contributed by atoms with van der Waals surface area (Å²) >= 11 is 0. The molecule has 1 N–H and O–H groups in total. The van der Waals surface area contributed by atoms with E-state index in [1.807, 2.05) is 6.07 Å². The van der Waals surface area contributed by atoms with Crippen LogP contribution in [0.3, 0.4) is 0 Å². The molecular formula is C9H13NO. The van der Waals surface area contributed by atoms with Gasteiger partial charge in [0.25, 0.3) is 0 Å². The average Bonchev–Trinajstić information content (AvgIpc) is 2.55. The number of rotatable bonds is 3. The van der Waals surface area contributed by atoms with Gasteiger partial charge in [0.1, 0.15) is 0 Å². The number of furan rings is 1. The molecule has 2 heteroatoms. The molecular weight excluding hydrogens is 138 g/mol. The van der Waals surface area contributed by atoms with Crippen molar-refractivity contribution in [1.82, 2.24) is 5.32 Å². The molecule has 2 nitrogen and oxygen atoms in total. The first kappa shape index (κ1) is 6.92. The third-order valence-electron chi connectivity index (χ3n) is 2.26. The largest absolute Gasteiger partial charge is 0.472 e. The van der Waals surface area contributed by atoms with Crippen LogP contribution < -0.4 is 5.32 Å². The van der Waals surface area contributed by atoms with E-state index in [9.17, 15) is 0 Å². The first-order chi connectivity index (χ1) is 5.36. The summed E-state index contributed by atoms with van der Waals surface area (Å²) in [5, 5.41) is 3.45. The summed E-state index contributed by atoms with van der Waals surface area (Å²) in [6.45, 7) is 3.22. The standard InChI is InChI=1S/C9H13NO/c1-7-4-9(7)10-5-8-2-3-11-6-8/h2-3,6-7,9-10H,4-5H2,1H3. The van der Waals surface area contributed by atoms with Crippen LogP contribution in [0.15, 0.2) is 23.0 Å². The van der Waals surface area contributed by atoms with Crippen molar-refractivity contribution in [3.05, 3.63) is 24.2 Å². The Morgan fingerprint density at radius 3 is 3.09 bits per heavy atom. The lowest BCUT2D eigenvalue weighted by atomic mass is 10.3. The average molecular weight is 151 g/mol. The molecule has 0 radical (unpaired) electrons. The lowest BCUT2D eigenvalue weighted by Gasteiger charge is -1.98. The first-order valence-electron chi connectivity index (χ1n) is 4.11. The second-order valence-corrected chi connectivity index (χ2v) is 3.33. The molecule has 11 heavy (non-hydrogen) atoms. The van der Waals surface area contributed by atoms with Crippen LogP contribution in [0, 0.1) is 5.92 Å². The van der Waals surface area contributed by atoms with Gasteiger partial charge >= 0.3 is 0 Å². The molecule has 0 aliphatic heterocycles. The van der Waals surface area contributed by atoms with Crippen LogP contribution in [-0.4, -0.2) is 6.04 Å². The number of nitrogens with one attached hydrogen (secondary N) is 1. The lowest BCUT2D eigenvalue weighted by Crippen LogP contribution is -2.16. The molecule has 1 heterocycles. The van der Waals surface area contributed by atoms with E-state index < -0.39 is 0 Å². The second-order valence-electron chi connectivity index (χ2n) is 3.33. The zero-order valence-corrected chi connectivity index (χ0v) is 6.71. The van der Waals surface area contributed by atoms with E-state index in [0.717, 1.165) is 18.5 Å². The molecule has 2 rings (SSSR count). The van der Waals surface area contributed by atoms with E-state index in [2.05, 4.69) is 12.2 Å². The Morgan fingerprint density at radius 1 is 1.73 bits per heavy atom. The van der Waals surface area contributed by atoms with Crippen molar-refractivity contribution in [1.29, 1.82) is 0 Å². The van der Waals surface area contributed by atoms with Crippen molar-refractivity contribution in [3.8, 4) is 0 Å². The number of hydrogen-bond donors (Lipinski definition) is 1.